The van der Waals surface area contributed by atoms with E-state index in [0.717, 1.165) is 35.1 Å². The number of allylic oxidation sites excluding steroid dienone is 1. The molecule has 2 atom stereocenters. The van der Waals surface area contributed by atoms with Crippen molar-refractivity contribution in [3.05, 3.63) is 95.1 Å². The lowest BCUT2D eigenvalue weighted by molar-refractivity contribution is 0.0697. The number of carboxylic acids is 1. The number of phenolic OH excluding ortho intramolecular Hbond substituents is 1. The fourth-order valence-corrected chi connectivity index (χ4v) is 4.85. The summed E-state index contributed by atoms with van der Waals surface area (Å²) in [6.45, 7) is 4.64. The highest BCUT2D eigenvalue weighted by molar-refractivity contribution is 5.89. The normalized spacial score (nSPS) is 18.6. The number of aromatic carboxylic acids is 1. The molecule has 0 radical (unpaired) electrons. The first-order valence-electron chi connectivity index (χ1n) is 10.9. The number of hydrogen-bond donors (Lipinski definition) is 2. The SMILES string of the molecule is CC1CC(=C(c2ccc(O)cc2)c2ccc(-c3cccc(C(=O)O)c3)cc2)CC(C)C1. The summed E-state index contributed by atoms with van der Waals surface area (Å²) in [6, 6.07) is 22.9. The van der Waals surface area contributed by atoms with Crippen LogP contribution < -0.4 is 0 Å². The second kappa shape index (κ2) is 8.81. The molecule has 0 spiro atoms. The van der Waals surface area contributed by atoms with Crippen LogP contribution >= 0.6 is 0 Å². The highest BCUT2D eigenvalue weighted by Gasteiger charge is 2.23. The lowest BCUT2D eigenvalue weighted by Crippen LogP contribution is -2.14. The molecule has 1 saturated carbocycles. The zero-order valence-corrected chi connectivity index (χ0v) is 18.0. The van der Waals surface area contributed by atoms with Crippen LogP contribution in [0.25, 0.3) is 16.7 Å². The Bertz CT molecular complexity index is 1100. The van der Waals surface area contributed by atoms with Gasteiger partial charge in [0.2, 0.25) is 0 Å². The molecule has 4 rings (SSSR count). The van der Waals surface area contributed by atoms with Crippen LogP contribution in [0.1, 0.15) is 54.6 Å². The minimum atomic E-state index is -0.918. The third kappa shape index (κ3) is 4.72. The Morgan fingerprint density at radius 3 is 1.94 bits per heavy atom. The van der Waals surface area contributed by atoms with Crippen LogP contribution in [0.5, 0.6) is 5.75 Å². The Kier molecular flexibility index (Phi) is 5.94. The number of benzene rings is 3. The van der Waals surface area contributed by atoms with Crippen LogP contribution in [0.3, 0.4) is 0 Å². The van der Waals surface area contributed by atoms with Crippen molar-refractivity contribution in [3.8, 4) is 16.9 Å². The second-order valence-corrected chi connectivity index (χ2v) is 8.84. The van der Waals surface area contributed by atoms with Gasteiger partial charge in [-0.05, 0) is 83.2 Å². The van der Waals surface area contributed by atoms with E-state index in [9.17, 15) is 15.0 Å². The van der Waals surface area contributed by atoms with E-state index in [1.165, 1.54) is 17.6 Å². The summed E-state index contributed by atoms with van der Waals surface area (Å²) >= 11 is 0. The Hall–Kier alpha value is -3.33. The molecule has 0 aromatic heterocycles. The molecule has 3 aromatic carbocycles. The van der Waals surface area contributed by atoms with E-state index in [4.69, 9.17) is 0 Å². The van der Waals surface area contributed by atoms with Crippen LogP contribution in [0.15, 0.2) is 78.4 Å². The first-order valence-corrected chi connectivity index (χ1v) is 10.9. The van der Waals surface area contributed by atoms with Crippen LogP contribution in [0.2, 0.25) is 0 Å². The molecule has 1 aliphatic rings. The first-order chi connectivity index (χ1) is 14.9. The summed E-state index contributed by atoms with van der Waals surface area (Å²) in [5.74, 6) is 0.665. The van der Waals surface area contributed by atoms with E-state index in [1.54, 1.807) is 30.3 Å². The fraction of sp³-hybridized carbons (Fsp3) is 0.250. The fourth-order valence-electron chi connectivity index (χ4n) is 4.85. The van der Waals surface area contributed by atoms with Crippen LogP contribution in [-0.2, 0) is 0 Å². The van der Waals surface area contributed by atoms with Crippen molar-refractivity contribution in [2.24, 2.45) is 11.8 Å². The predicted molar refractivity (Wildman–Crippen MR) is 125 cm³/mol. The van der Waals surface area contributed by atoms with Crippen molar-refractivity contribution in [3.63, 3.8) is 0 Å². The quantitative estimate of drug-likeness (QED) is 0.484. The monoisotopic (exact) mass is 412 g/mol. The summed E-state index contributed by atoms with van der Waals surface area (Å²) < 4.78 is 0. The Morgan fingerprint density at radius 1 is 0.774 bits per heavy atom. The molecular weight excluding hydrogens is 384 g/mol. The van der Waals surface area contributed by atoms with E-state index in [2.05, 4.69) is 38.1 Å². The highest BCUT2D eigenvalue weighted by Crippen LogP contribution is 2.40. The summed E-state index contributed by atoms with van der Waals surface area (Å²) in [5.41, 5.74) is 7.17. The second-order valence-electron chi connectivity index (χ2n) is 8.84. The molecule has 2 unspecified atom stereocenters. The van der Waals surface area contributed by atoms with Gasteiger partial charge in [0.1, 0.15) is 5.75 Å². The van der Waals surface area contributed by atoms with E-state index in [0.29, 0.717) is 17.4 Å². The Morgan fingerprint density at radius 2 is 1.35 bits per heavy atom. The predicted octanol–water partition coefficient (Wildman–Crippen LogP) is 7.02. The average Bonchev–Trinajstić information content (AvgIpc) is 2.75. The lowest BCUT2D eigenvalue weighted by Gasteiger charge is -2.29. The minimum absolute atomic E-state index is 0.271. The van der Waals surface area contributed by atoms with E-state index >= 15 is 0 Å². The van der Waals surface area contributed by atoms with Crippen LogP contribution in [0.4, 0.5) is 0 Å². The Balaban J connectivity index is 1.76. The van der Waals surface area contributed by atoms with E-state index in [-0.39, 0.29) is 5.75 Å². The number of carbonyl (C=O) groups is 1. The molecule has 0 bridgehead atoms. The van der Waals surface area contributed by atoms with Gasteiger partial charge in [0, 0.05) is 0 Å². The molecule has 31 heavy (non-hydrogen) atoms. The van der Waals surface area contributed by atoms with Gasteiger partial charge >= 0.3 is 5.97 Å². The zero-order chi connectivity index (χ0) is 22.0. The highest BCUT2D eigenvalue weighted by atomic mass is 16.4. The van der Waals surface area contributed by atoms with Gasteiger partial charge in [-0.15, -0.1) is 0 Å². The zero-order valence-electron chi connectivity index (χ0n) is 18.0. The molecule has 3 nitrogen and oxygen atoms in total. The molecule has 1 aliphatic carbocycles. The molecule has 0 amide bonds. The lowest BCUT2D eigenvalue weighted by atomic mass is 9.76. The number of carboxylic acid groups (broad SMARTS) is 1. The van der Waals surface area contributed by atoms with Crippen LogP contribution in [-0.4, -0.2) is 16.2 Å². The molecule has 0 aliphatic heterocycles. The van der Waals surface area contributed by atoms with Gasteiger partial charge < -0.3 is 10.2 Å². The summed E-state index contributed by atoms with van der Waals surface area (Å²) in [5, 5.41) is 19.1. The smallest absolute Gasteiger partial charge is 0.335 e. The number of hydrogen-bond acceptors (Lipinski definition) is 2. The average molecular weight is 413 g/mol. The van der Waals surface area contributed by atoms with Gasteiger partial charge in [0.25, 0.3) is 0 Å². The third-order valence-electron chi connectivity index (χ3n) is 6.12. The molecule has 0 saturated heterocycles. The molecule has 158 valence electrons. The van der Waals surface area contributed by atoms with E-state index in [1.807, 2.05) is 18.2 Å². The van der Waals surface area contributed by atoms with Crippen molar-refractivity contribution in [2.45, 2.75) is 33.1 Å². The summed E-state index contributed by atoms with van der Waals surface area (Å²) in [7, 11) is 0. The van der Waals surface area contributed by atoms with Gasteiger partial charge in [0.15, 0.2) is 0 Å². The van der Waals surface area contributed by atoms with E-state index < -0.39 is 5.97 Å². The molecule has 2 N–H and O–H groups in total. The van der Waals surface area contributed by atoms with Crippen molar-refractivity contribution >= 4 is 11.5 Å². The number of aromatic hydroxyl groups is 1. The topological polar surface area (TPSA) is 57.5 Å². The standard InChI is InChI=1S/C28H28O3/c1-18-14-19(2)16-25(15-18)27(22-10-12-26(29)13-11-22)21-8-6-20(7-9-21)23-4-3-5-24(17-23)28(30)31/h3-13,17-19,29H,14-16H2,1-2H3,(H,30,31). The van der Waals surface area contributed by atoms with Crippen molar-refractivity contribution < 1.29 is 15.0 Å². The third-order valence-corrected chi connectivity index (χ3v) is 6.12. The molecule has 3 aromatic rings. The van der Waals surface area contributed by atoms with Gasteiger partial charge in [-0.1, -0.05) is 68.0 Å². The number of phenols is 1. The molecular formula is C28H28O3. The van der Waals surface area contributed by atoms with Crippen LogP contribution in [0, 0.1) is 11.8 Å². The number of rotatable bonds is 4. The van der Waals surface area contributed by atoms with Crippen molar-refractivity contribution in [1.29, 1.82) is 0 Å². The van der Waals surface area contributed by atoms with Gasteiger partial charge in [0.05, 0.1) is 5.56 Å². The van der Waals surface area contributed by atoms with Gasteiger partial charge in [-0.2, -0.15) is 0 Å². The van der Waals surface area contributed by atoms with Gasteiger partial charge in [-0.3, -0.25) is 0 Å². The maximum Gasteiger partial charge on any atom is 0.335 e. The minimum Gasteiger partial charge on any atom is -0.508 e. The van der Waals surface area contributed by atoms with Crippen molar-refractivity contribution in [2.75, 3.05) is 0 Å². The van der Waals surface area contributed by atoms with Crippen molar-refractivity contribution in [1.82, 2.24) is 0 Å². The Labute approximate surface area is 183 Å². The maximum absolute atomic E-state index is 11.3. The largest absolute Gasteiger partial charge is 0.508 e. The maximum atomic E-state index is 11.3. The molecule has 1 fully saturated rings. The van der Waals surface area contributed by atoms with Gasteiger partial charge in [-0.25, -0.2) is 4.79 Å². The molecule has 3 heteroatoms. The summed E-state index contributed by atoms with van der Waals surface area (Å²) in [6.07, 6.45) is 3.43. The first kappa shape index (κ1) is 20.9. The summed E-state index contributed by atoms with van der Waals surface area (Å²) in [4.78, 5) is 11.3. The molecule has 0 heterocycles.